The van der Waals surface area contributed by atoms with Crippen molar-refractivity contribution in [2.75, 3.05) is 6.54 Å². The first-order valence-electron chi connectivity index (χ1n) is 4.79. The van der Waals surface area contributed by atoms with Crippen LogP contribution in [0.1, 0.15) is 30.9 Å². The van der Waals surface area contributed by atoms with E-state index in [-0.39, 0.29) is 0 Å². The Morgan fingerprint density at radius 1 is 1.23 bits per heavy atom. The Morgan fingerprint density at radius 3 is 2.77 bits per heavy atom. The van der Waals surface area contributed by atoms with E-state index >= 15 is 0 Å². The van der Waals surface area contributed by atoms with E-state index in [0.29, 0.717) is 6.04 Å². The molecule has 0 aromatic heterocycles. The normalized spacial score (nSPS) is 23.0. The summed E-state index contributed by atoms with van der Waals surface area (Å²) in [6, 6.07) is 8.38. The van der Waals surface area contributed by atoms with E-state index in [9.17, 15) is 0 Å². The third-order valence-electron chi connectivity index (χ3n) is 2.50. The molecule has 1 radical (unpaired) electrons. The van der Waals surface area contributed by atoms with Gasteiger partial charge in [0.1, 0.15) is 0 Å². The van der Waals surface area contributed by atoms with Gasteiger partial charge in [-0.05, 0) is 24.5 Å². The van der Waals surface area contributed by atoms with Crippen LogP contribution in [0.2, 0.25) is 5.02 Å². The zero-order valence-electron chi connectivity index (χ0n) is 7.54. The zero-order valence-corrected chi connectivity index (χ0v) is 8.30. The summed E-state index contributed by atoms with van der Waals surface area (Å²) in [6.45, 7) is 0.996. The molecule has 0 amide bonds. The van der Waals surface area contributed by atoms with Crippen LogP contribution < -0.4 is 5.32 Å². The molecule has 13 heavy (non-hydrogen) atoms. The van der Waals surface area contributed by atoms with Crippen LogP contribution in [0.25, 0.3) is 0 Å². The summed E-state index contributed by atoms with van der Waals surface area (Å²) in [5.74, 6) is 0. The Labute approximate surface area is 84.1 Å². The minimum Gasteiger partial charge on any atom is -0.234 e. The van der Waals surface area contributed by atoms with Crippen molar-refractivity contribution < 1.29 is 0 Å². The lowest BCUT2D eigenvalue weighted by Gasteiger charge is -2.22. The summed E-state index contributed by atoms with van der Waals surface area (Å²) >= 11 is 6.10. The third kappa shape index (κ3) is 2.04. The minimum atomic E-state index is 0.349. The lowest BCUT2D eigenvalue weighted by Crippen LogP contribution is -2.20. The van der Waals surface area contributed by atoms with E-state index in [4.69, 9.17) is 11.6 Å². The van der Waals surface area contributed by atoms with E-state index in [2.05, 4.69) is 11.4 Å². The van der Waals surface area contributed by atoms with Crippen LogP contribution in [-0.4, -0.2) is 6.54 Å². The largest absolute Gasteiger partial charge is 0.234 e. The number of hydrogen-bond donors (Lipinski definition) is 0. The fourth-order valence-electron chi connectivity index (χ4n) is 1.79. The van der Waals surface area contributed by atoms with Crippen molar-refractivity contribution in [3.8, 4) is 0 Å². The molecule has 2 heteroatoms. The molecule has 1 saturated heterocycles. The Balaban J connectivity index is 2.18. The molecule has 0 aliphatic carbocycles. The molecule has 1 aromatic carbocycles. The predicted molar refractivity (Wildman–Crippen MR) is 55.0 cm³/mol. The first-order chi connectivity index (χ1) is 6.38. The van der Waals surface area contributed by atoms with Crippen LogP contribution in [0.5, 0.6) is 0 Å². The highest BCUT2D eigenvalue weighted by Gasteiger charge is 2.17. The van der Waals surface area contributed by atoms with Crippen LogP contribution in [0.3, 0.4) is 0 Å². The molecular formula is C11H13ClN. The fraction of sp³-hybridized carbons (Fsp3) is 0.455. The highest BCUT2D eigenvalue weighted by atomic mass is 35.5. The maximum absolute atomic E-state index is 6.10. The van der Waals surface area contributed by atoms with Crippen LogP contribution in [-0.2, 0) is 0 Å². The van der Waals surface area contributed by atoms with Gasteiger partial charge in [-0.3, -0.25) is 0 Å². The first-order valence-corrected chi connectivity index (χ1v) is 5.17. The Morgan fingerprint density at radius 2 is 2.08 bits per heavy atom. The zero-order chi connectivity index (χ0) is 9.10. The van der Waals surface area contributed by atoms with Gasteiger partial charge in [0.2, 0.25) is 0 Å². The molecule has 2 rings (SSSR count). The lowest BCUT2D eigenvalue weighted by molar-refractivity contribution is 0.404. The van der Waals surface area contributed by atoms with Gasteiger partial charge in [0.05, 0.1) is 6.04 Å². The monoisotopic (exact) mass is 194 g/mol. The third-order valence-corrected chi connectivity index (χ3v) is 2.84. The van der Waals surface area contributed by atoms with Gasteiger partial charge in [-0.2, -0.15) is 0 Å². The molecule has 69 valence electrons. The molecule has 1 aliphatic heterocycles. The number of piperidine rings is 1. The average molecular weight is 195 g/mol. The van der Waals surface area contributed by atoms with E-state index in [1.165, 1.54) is 18.4 Å². The van der Waals surface area contributed by atoms with Gasteiger partial charge >= 0.3 is 0 Å². The first kappa shape index (κ1) is 9.04. The van der Waals surface area contributed by atoms with Gasteiger partial charge in [-0.1, -0.05) is 36.2 Å². The smallest absolute Gasteiger partial charge is 0.0510 e. The number of rotatable bonds is 1. The summed E-state index contributed by atoms with van der Waals surface area (Å²) in [5, 5.41) is 5.44. The van der Waals surface area contributed by atoms with E-state index in [1.54, 1.807) is 0 Å². The number of benzene rings is 1. The van der Waals surface area contributed by atoms with Crippen LogP contribution in [0, 0.1) is 0 Å². The highest BCUT2D eigenvalue weighted by molar-refractivity contribution is 6.31. The van der Waals surface area contributed by atoms with Crippen molar-refractivity contribution in [3.63, 3.8) is 0 Å². The summed E-state index contributed by atoms with van der Waals surface area (Å²) in [6.07, 6.45) is 3.67. The van der Waals surface area contributed by atoms with Gasteiger partial charge in [0.25, 0.3) is 0 Å². The minimum absolute atomic E-state index is 0.349. The number of hydrogen-bond acceptors (Lipinski definition) is 0. The van der Waals surface area contributed by atoms with Gasteiger partial charge in [-0.15, -0.1) is 0 Å². The van der Waals surface area contributed by atoms with E-state index < -0.39 is 0 Å². The molecule has 1 heterocycles. The standard InChI is InChI=1S/C11H13ClN/c12-10-6-2-1-5-9(10)11-7-3-4-8-13-11/h1-2,5-6,11H,3-4,7-8H2. The van der Waals surface area contributed by atoms with Gasteiger partial charge in [0, 0.05) is 11.6 Å². The summed E-state index contributed by atoms with van der Waals surface area (Å²) in [4.78, 5) is 0. The molecule has 1 atom stereocenters. The second kappa shape index (κ2) is 4.12. The highest BCUT2D eigenvalue weighted by Crippen LogP contribution is 2.29. The Kier molecular flexibility index (Phi) is 2.87. The quantitative estimate of drug-likeness (QED) is 0.652. The van der Waals surface area contributed by atoms with Crippen LogP contribution in [0.15, 0.2) is 24.3 Å². The summed E-state index contributed by atoms with van der Waals surface area (Å²) in [7, 11) is 0. The number of nitrogens with zero attached hydrogens (tertiary/aromatic N) is 1. The topological polar surface area (TPSA) is 14.1 Å². The Hall–Kier alpha value is -0.530. The van der Waals surface area contributed by atoms with E-state index in [1.807, 2.05) is 18.2 Å². The second-order valence-corrected chi connectivity index (χ2v) is 3.85. The molecule has 1 aromatic rings. The SMILES string of the molecule is Clc1ccccc1C1CCCC[N]1. The second-order valence-electron chi connectivity index (χ2n) is 3.44. The summed E-state index contributed by atoms with van der Waals surface area (Å²) < 4.78 is 0. The van der Waals surface area contributed by atoms with Gasteiger partial charge in [-0.25, -0.2) is 5.32 Å². The van der Waals surface area contributed by atoms with Crippen LogP contribution in [0.4, 0.5) is 0 Å². The van der Waals surface area contributed by atoms with Gasteiger partial charge in [0.15, 0.2) is 0 Å². The predicted octanol–water partition coefficient (Wildman–Crippen LogP) is 3.17. The molecule has 0 saturated carbocycles. The molecule has 0 spiro atoms. The van der Waals surface area contributed by atoms with Crippen molar-refractivity contribution in [2.24, 2.45) is 0 Å². The maximum atomic E-state index is 6.10. The molecular weight excluding hydrogens is 182 g/mol. The summed E-state index contributed by atoms with van der Waals surface area (Å²) in [5.41, 5.74) is 1.20. The average Bonchev–Trinajstić information content (AvgIpc) is 2.20. The van der Waals surface area contributed by atoms with Crippen molar-refractivity contribution in [1.82, 2.24) is 5.32 Å². The van der Waals surface area contributed by atoms with Crippen molar-refractivity contribution >= 4 is 11.6 Å². The molecule has 1 nitrogen and oxygen atoms in total. The maximum Gasteiger partial charge on any atom is 0.0510 e. The molecule has 0 bridgehead atoms. The van der Waals surface area contributed by atoms with E-state index in [0.717, 1.165) is 18.0 Å². The molecule has 1 fully saturated rings. The lowest BCUT2D eigenvalue weighted by atomic mass is 9.98. The molecule has 0 N–H and O–H groups in total. The van der Waals surface area contributed by atoms with Crippen LogP contribution >= 0.6 is 11.6 Å². The molecule has 1 unspecified atom stereocenters. The van der Waals surface area contributed by atoms with Crippen molar-refractivity contribution in [2.45, 2.75) is 25.3 Å². The fourth-order valence-corrected chi connectivity index (χ4v) is 2.05. The van der Waals surface area contributed by atoms with Crippen molar-refractivity contribution in [1.29, 1.82) is 0 Å². The number of halogens is 1. The molecule has 1 aliphatic rings. The Bertz CT molecular complexity index is 279. The van der Waals surface area contributed by atoms with Crippen molar-refractivity contribution in [3.05, 3.63) is 34.9 Å². The van der Waals surface area contributed by atoms with Gasteiger partial charge < -0.3 is 0 Å².